The number of carbonyl (C=O) groups is 2. The maximum absolute atomic E-state index is 13.5. The van der Waals surface area contributed by atoms with Gasteiger partial charge in [-0.1, -0.05) is 6.92 Å². The molecule has 4 rings (SSSR count). The SMILES string of the molecule is COc1ccc(OC)c(S(=O)(=O)Nc2cc(C(=O)N3CCCC(C)C3)ccc2N2CCNCC2)c1.O=C(O)C(F)(F)F. The fourth-order valence-electron chi connectivity index (χ4n) is 4.68. The quantitative estimate of drug-likeness (QED) is 0.427. The number of piperidine rings is 1. The highest BCUT2D eigenvalue weighted by Crippen LogP contribution is 2.34. The lowest BCUT2D eigenvalue weighted by Gasteiger charge is -2.33. The van der Waals surface area contributed by atoms with E-state index in [0.29, 0.717) is 36.0 Å². The van der Waals surface area contributed by atoms with E-state index in [1.807, 2.05) is 11.0 Å². The predicted octanol–water partition coefficient (Wildman–Crippen LogP) is 3.42. The number of aliphatic carboxylic acids is 1. The molecule has 11 nitrogen and oxygen atoms in total. The van der Waals surface area contributed by atoms with Crippen molar-refractivity contribution in [1.29, 1.82) is 0 Å². The Kier molecular flexibility index (Phi) is 10.9. The Morgan fingerprint density at radius 1 is 1.05 bits per heavy atom. The molecule has 2 saturated heterocycles. The smallest absolute Gasteiger partial charge is 0.490 e. The Labute approximate surface area is 242 Å². The number of piperazine rings is 1. The van der Waals surface area contributed by atoms with E-state index >= 15 is 0 Å². The Morgan fingerprint density at radius 2 is 1.71 bits per heavy atom. The Balaban J connectivity index is 0.000000616. The summed E-state index contributed by atoms with van der Waals surface area (Å²) in [7, 11) is -1.15. The third-order valence-corrected chi connectivity index (χ3v) is 8.18. The topological polar surface area (TPSA) is 138 Å². The van der Waals surface area contributed by atoms with Crippen LogP contribution in [0.25, 0.3) is 0 Å². The van der Waals surface area contributed by atoms with Gasteiger partial charge in [-0.15, -0.1) is 0 Å². The number of sulfonamides is 1. The molecule has 2 fully saturated rings. The molecule has 2 aromatic carbocycles. The van der Waals surface area contributed by atoms with Gasteiger partial charge in [0.15, 0.2) is 0 Å². The number of carboxylic acids is 1. The lowest BCUT2D eigenvalue weighted by atomic mass is 9.99. The first-order chi connectivity index (χ1) is 19.8. The highest BCUT2D eigenvalue weighted by molar-refractivity contribution is 7.92. The van der Waals surface area contributed by atoms with Crippen molar-refractivity contribution in [3.8, 4) is 11.5 Å². The minimum Gasteiger partial charge on any atom is -0.497 e. The van der Waals surface area contributed by atoms with Crippen molar-refractivity contribution in [2.75, 3.05) is 63.1 Å². The standard InChI is InChI=1S/C25H34N4O5S.C2HF3O2/c1-18-5-4-12-29(17-18)25(30)19-6-8-22(28-13-10-26-11-14-28)21(15-19)27-35(31,32)24-16-20(33-2)7-9-23(24)34-3;3-2(4,5)1(6)7/h6-9,15-16,18,26-27H,4-5,10-14,17H2,1-3H3;(H,6,7). The molecular weight excluding hydrogens is 581 g/mol. The van der Waals surface area contributed by atoms with Crippen molar-refractivity contribution in [2.45, 2.75) is 30.8 Å². The molecule has 0 radical (unpaired) electrons. The molecule has 0 saturated carbocycles. The van der Waals surface area contributed by atoms with E-state index < -0.39 is 22.2 Å². The average molecular weight is 617 g/mol. The number of hydrogen-bond acceptors (Lipinski definition) is 8. The highest BCUT2D eigenvalue weighted by atomic mass is 32.2. The second kappa shape index (κ2) is 14.0. The molecule has 1 amide bonds. The number of halogens is 3. The van der Waals surface area contributed by atoms with Crippen molar-refractivity contribution in [3.05, 3.63) is 42.0 Å². The number of methoxy groups -OCH3 is 2. The van der Waals surface area contributed by atoms with E-state index in [4.69, 9.17) is 19.4 Å². The highest BCUT2D eigenvalue weighted by Gasteiger charge is 2.38. The van der Waals surface area contributed by atoms with E-state index in [9.17, 15) is 26.4 Å². The summed E-state index contributed by atoms with van der Waals surface area (Å²) >= 11 is 0. The summed E-state index contributed by atoms with van der Waals surface area (Å²) in [6.07, 6.45) is -3.00. The number of amides is 1. The molecule has 2 aromatic rings. The van der Waals surface area contributed by atoms with Crippen LogP contribution in [0.4, 0.5) is 24.5 Å². The summed E-state index contributed by atoms with van der Waals surface area (Å²) < 4.78 is 72.1. The zero-order valence-electron chi connectivity index (χ0n) is 23.5. The van der Waals surface area contributed by atoms with Gasteiger partial charge >= 0.3 is 12.1 Å². The third-order valence-electron chi connectivity index (χ3n) is 6.79. The van der Waals surface area contributed by atoms with E-state index in [1.165, 1.54) is 20.3 Å². The second-order valence-electron chi connectivity index (χ2n) is 9.89. The molecule has 15 heteroatoms. The summed E-state index contributed by atoms with van der Waals surface area (Å²) in [5.74, 6) is -1.78. The van der Waals surface area contributed by atoms with Crippen molar-refractivity contribution >= 4 is 33.3 Å². The normalized spacial score (nSPS) is 17.5. The number of anilines is 2. The van der Waals surface area contributed by atoms with Crippen molar-refractivity contribution < 1.29 is 45.8 Å². The number of hydrogen-bond donors (Lipinski definition) is 3. The molecule has 2 aliphatic heterocycles. The van der Waals surface area contributed by atoms with Crippen molar-refractivity contribution in [1.82, 2.24) is 10.2 Å². The van der Waals surface area contributed by atoms with Crippen molar-refractivity contribution in [3.63, 3.8) is 0 Å². The van der Waals surface area contributed by atoms with Gasteiger partial charge in [0, 0.05) is 50.9 Å². The maximum Gasteiger partial charge on any atom is 0.490 e. The number of nitrogens with one attached hydrogen (secondary N) is 2. The first-order valence-corrected chi connectivity index (χ1v) is 14.7. The monoisotopic (exact) mass is 616 g/mol. The molecular formula is C27H35F3N4O7S. The lowest BCUT2D eigenvalue weighted by molar-refractivity contribution is -0.192. The van der Waals surface area contributed by atoms with Crippen LogP contribution in [0.2, 0.25) is 0 Å². The van der Waals surface area contributed by atoms with Crippen molar-refractivity contribution in [2.24, 2.45) is 5.92 Å². The number of carbonyl (C=O) groups excluding carboxylic acids is 1. The fraction of sp³-hybridized carbons (Fsp3) is 0.481. The predicted molar refractivity (Wildman–Crippen MR) is 150 cm³/mol. The number of likely N-dealkylation sites (tertiary alicyclic amines) is 1. The van der Waals surface area contributed by atoms with Crippen LogP contribution in [-0.4, -0.2) is 90.0 Å². The Bertz CT molecular complexity index is 1370. The Hall–Kier alpha value is -3.72. The number of alkyl halides is 3. The second-order valence-corrected chi connectivity index (χ2v) is 11.5. The van der Waals surface area contributed by atoms with Crippen LogP contribution in [0.1, 0.15) is 30.1 Å². The number of ether oxygens (including phenoxy) is 2. The number of carboxylic acid groups (broad SMARTS) is 1. The molecule has 2 heterocycles. The fourth-order valence-corrected chi connectivity index (χ4v) is 5.93. The molecule has 1 unspecified atom stereocenters. The molecule has 0 aliphatic carbocycles. The van der Waals surface area contributed by atoms with E-state index in [2.05, 4.69) is 21.9 Å². The van der Waals surface area contributed by atoms with Crippen LogP contribution in [-0.2, 0) is 14.8 Å². The molecule has 42 heavy (non-hydrogen) atoms. The molecule has 232 valence electrons. The van der Waals surface area contributed by atoms with Gasteiger partial charge in [0.2, 0.25) is 0 Å². The van der Waals surface area contributed by atoms with Crippen LogP contribution in [0, 0.1) is 5.92 Å². The summed E-state index contributed by atoms with van der Waals surface area (Å²) in [6.45, 7) is 6.62. The van der Waals surface area contributed by atoms with Gasteiger partial charge in [0.25, 0.3) is 15.9 Å². The van der Waals surface area contributed by atoms with Gasteiger partial charge in [-0.25, -0.2) is 13.2 Å². The van der Waals surface area contributed by atoms with Crippen LogP contribution < -0.4 is 24.4 Å². The van der Waals surface area contributed by atoms with Gasteiger partial charge in [0.1, 0.15) is 16.4 Å². The zero-order valence-corrected chi connectivity index (χ0v) is 24.3. The van der Waals surface area contributed by atoms with E-state index in [0.717, 1.165) is 44.7 Å². The van der Waals surface area contributed by atoms with Gasteiger partial charge in [-0.05, 0) is 49.1 Å². The Morgan fingerprint density at radius 3 is 2.29 bits per heavy atom. The number of nitrogens with zero attached hydrogens (tertiary/aromatic N) is 2. The van der Waals surface area contributed by atoms with Crippen LogP contribution >= 0.6 is 0 Å². The lowest BCUT2D eigenvalue weighted by Crippen LogP contribution is -2.44. The molecule has 3 N–H and O–H groups in total. The maximum atomic E-state index is 13.5. The summed E-state index contributed by atoms with van der Waals surface area (Å²) in [6, 6.07) is 9.92. The van der Waals surface area contributed by atoms with E-state index in [1.54, 1.807) is 24.3 Å². The van der Waals surface area contributed by atoms with Gasteiger partial charge in [-0.2, -0.15) is 13.2 Å². The summed E-state index contributed by atoms with van der Waals surface area (Å²) in [5.41, 5.74) is 1.57. The molecule has 0 aromatic heterocycles. The zero-order chi connectivity index (χ0) is 31.1. The third kappa shape index (κ3) is 8.41. The molecule has 1 atom stereocenters. The van der Waals surface area contributed by atoms with E-state index in [-0.39, 0.29) is 16.6 Å². The molecule has 2 aliphatic rings. The van der Waals surface area contributed by atoms with Crippen LogP contribution in [0.3, 0.4) is 0 Å². The first kappa shape index (κ1) is 32.8. The molecule has 0 spiro atoms. The minimum absolute atomic E-state index is 0.0350. The summed E-state index contributed by atoms with van der Waals surface area (Å²) in [4.78, 5) is 26.1. The summed E-state index contributed by atoms with van der Waals surface area (Å²) in [5, 5.41) is 10.4. The number of benzene rings is 2. The average Bonchev–Trinajstić information content (AvgIpc) is 2.96. The number of rotatable bonds is 7. The van der Waals surface area contributed by atoms with Gasteiger partial charge < -0.3 is 29.7 Å². The largest absolute Gasteiger partial charge is 0.497 e. The van der Waals surface area contributed by atoms with Gasteiger partial charge in [-0.3, -0.25) is 9.52 Å². The van der Waals surface area contributed by atoms with Crippen LogP contribution in [0.5, 0.6) is 11.5 Å². The van der Waals surface area contributed by atoms with Crippen LogP contribution in [0.15, 0.2) is 41.3 Å². The molecule has 0 bridgehead atoms. The van der Waals surface area contributed by atoms with Gasteiger partial charge in [0.05, 0.1) is 25.6 Å². The first-order valence-electron chi connectivity index (χ1n) is 13.2. The minimum atomic E-state index is -5.08.